The summed E-state index contributed by atoms with van der Waals surface area (Å²) in [5, 5.41) is 8.70. The van der Waals surface area contributed by atoms with Crippen LogP contribution in [0, 0.1) is 11.3 Å². The highest BCUT2D eigenvalue weighted by molar-refractivity contribution is 5.62. The van der Waals surface area contributed by atoms with E-state index in [0.29, 0.717) is 5.56 Å². The van der Waals surface area contributed by atoms with Gasteiger partial charge in [0, 0.05) is 35.9 Å². The number of rotatable bonds is 1. The van der Waals surface area contributed by atoms with Gasteiger partial charge in [-0.05, 0) is 12.1 Å². The second-order valence-corrected chi connectivity index (χ2v) is 2.82. The molecule has 0 fully saturated rings. The molecule has 2 aromatic heterocycles. The van der Waals surface area contributed by atoms with Gasteiger partial charge in [0.15, 0.2) is 0 Å². The van der Waals surface area contributed by atoms with Gasteiger partial charge >= 0.3 is 0 Å². The summed E-state index contributed by atoms with van der Waals surface area (Å²) in [4.78, 5) is 7.99. The lowest BCUT2D eigenvalue weighted by Crippen LogP contribution is -1.83. The highest BCUT2D eigenvalue weighted by atomic mass is 14.6. The molecule has 0 aliphatic carbocycles. The van der Waals surface area contributed by atoms with Crippen LogP contribution in [0.1, 0.15) is 5.56 Å². The molecule has 0 unspecified atom stereocenters. The summed E-state index contributed by atoms with van der Waals surface area (Å²) in [6.07, 6.45) is 6.72. The fourth-order valence-electron chi connectivity index (χ4n) is 1.19. The van der Waals surface area contributed by atoms with Crippen LogP contribution in [-0.4, -0.2) is 9.97 Å². The molecule has 0 bridgehead atoms. The Kier molecular flexibility index (Phi) is 2.20. The Morgan fingerprint density at radius 3 is 2.64 bits per heavy atom. The maximum absolute atomic E-state index is 8.70. The van der Waals surface area contributed by atoms with E-state index in [1.54, 1.807) is 30.9 Å². The molecule has 0 saturated carbocycles. The molecular formula is C11H7N3. The zero-order valence-corrected chi connectivity index (χ0v) is 7.38. The Morgan fingerprint density at radius 1 is 1.07 bits per heavy atom. The summed E-state index contributed by atoms with van der Waals surface area (Å²) in [5.41, 5.74) is 2.45. The summed E-state index contributed by atoms with van der Waals surface area (Å²) < 4.78 is 0. The molecule has 0 aliphatic heterocycles. The number of hydrogen-bond donors (Lipinski definition) is 0. The lowest BCUT2D eigenvalue weighted by atomic mass is 10.1. The SMILES string of the molecule is N#Cc1cncc(-c2cccnc2)c1. The molecule has 2 rings (SSSR count). The van der Waals surface area contributed by atoms with Gasteiger partial charge in [0.25, 0.3) is 0 Å². The van der Waals surface area contributed by atoms with Crippen molar-refractivity contribution < 1.29 is 0 Å². The van der Waals surface area contributed by atoms with Gasteiger partial charge in [-0.25, -0.2) is 0 Å². The van der Waals surface area contributed by atoms with E-state index in [1.807, 2.05) is 12.1 Å². The van der Waals surface area contributed by atoms with Gasteiger partial charge in [-0.1, -0.05) is 6.07 Å². The molecule has 3 heteroatoms. The van der Waals surface area contributed by atoms with Crippen molar-refractivity contribution in [3.63, 3.8) is 0 Å². The molecule has 0 aliphatic rings. The number of nitrogens with zero attached hydrogens (tertiary/aromatic N) is 3. The molecule has 2 aromatic rings. The Balaban J connectivity index is 2.49. The van der Waals surface area contributed by atoms with Crippen LogP contribution < -0.4 is 0 Å². The number of aromatic nitrogens is 2. The van der Waals surface area contributed by atoms with Crippen LogP contribution in [0.5, 0.6) is 0 Å². The zero-order chi connectivity index (χ0) is 9.80. The maximum atomic E-state index is 8.70. The first-order chi connectivity index (χ1) is 6.90. The van der Waals surface area contributed by atoms with E-state index in [0.717, 1.165) is 11.1 Å². The quantitative estimate of drug-likeness (QED) is 0.676. The molecule has 14 heavy (non-hydrogen) atoms. The van der Waals surface area contributed by atoms with E-state index in [9.17, 15) is 0 Å². The lowest BCUT2D eigenvalue weighted by molar-refractivity contribution is 1.28. The smallest absolute Gasteiger partial charge is 0.101 e. The Morgan fingerprint density at radius 2 is 1.93 bits per heavy atom. The van der Waals surface area contributed by atoms with Gasteiger partial charge in [0.05, 0.1) is 5.56 Å². The van der Waals surface area contributed by atoms with Crippen molar-refractivity contribution >= 4 is 0 Å². The molecule has 0 N–H and O–H groups in total. The van der Waals surface area contributed by atoms with Crippen LogP contribution in [0.4, 0.5) is 0 Å². The van der Waals surface area contributed by atoms with Gasteiger partial charge in [0.1, 0.15) is 6.07 Å². The minimum atomic E-state index is 0.561. The third-order valence-electron chi connectivity index (χ3n) is 1.86. The molecule has 0 atom stereocenters. The maximum Gasteiger partial charge on any atom is 0.101 e. The van der Waals surface area contributed by atoms with Crippen LogP contribution in [0.3, 0.4) is 0 Å². The van der Waals surface area contributed by atoms with Crippen molar-refractivity contribution in [2.45, 2.75) is 0 Å². The molecule has 2 heterocycles. The first-order valence-electron chi connectivity index (χ1n) is 4.16. The minimum Gasteiger partial charge on any atom is -0.264 e. The van der Waals surface area contributed by atoms with Crippen LogP contribution in [0.25, 0.3) is 11.1 Å². The second-order valence-electron chi connectivity index (χ2n) is 2.82. The van der Waals surface area contributed by atoms with Crippen LogP contribution in [0.2, 0.25) is 0 Å². The fourth-order valence-corrected chi connectivity index (χ4v) is 1.19. The lowest BCUT2D eigenvalue weighted by Gasteiger charge is -1.99. The summed E-state index contributed by atoms with van der Waals surface area (Å²) in [5.74, 6) is 0. The Hall–Kier alpha value is -2.21. The summed E-state index contributed by atoms with van der Waals surface area (Å²) in [6, 6.07) is 7.64. The number of pyridine rings is 2. The molecular weight excluding hydrogens is 174 g/mol. The monoisotopic (exact) mass is 181 g/mol. The molecule has 0 radical (unpaired) electrons. The molecule has 0 spiro atoms. The number of hydrogen-bond acceptors (Lipinski definition) is 3. The standard InChI is InChI=1S/C11H7N3/c12-5-9-4-11(8-14-6-9)10-2-1-3-13-7-10/h1-4,6-8H. The van der Waals surface area contributed by atoms with Crippen molar-refractivity contribution in [1.29, 1.82) is 5.26 Å². The first kappa shape index (κ1) is 8.39. The van der Waals surface area contributed by atoms with Crippen molar-refractivity contribution in [3.8, 4) is 17.2 Å². The van der Waals surface area contributed by atoms with Crippen molar-refractivity contribution in [2.75, 3.05) is 0 Å². The van der Waals surface area contributed by atoms with E-state index < -0.39 is 0 Å². The van der Waals surface area contributed by atoms with Crippen LogP contribution >= 0.6 is 0 Å². The van der Waals surface area contributed by atoms with Gasteiger partial charge < -0.3 is 0 Å². The third kappa shape index (κ3) is 1.59. The molecule has 0 saturated heterocycles. The predicted molar refractivity (Wildman–Crippen MR) is 52.2 cm³/mol. The van der Waals surface area contributed by atoms with E-state index >= 15 is 0 Å². The topological polar surface area (TPSA) is 49.6 Å². The average Bonchev–Trinajstić information content (AvgIpc) is 2.30. The van der Waals surface area contributed by atoms with E-state index in [-0.39, 0.29) is 0 Å². The van der Waals surface area contributed by atoms with E-state index in [2.05, 4.69) is 16.0 Å². The van der Waals surface area contributed by atoms with E-state index in [1.165, 1.54) is 0 Å². The normalized spacial score (nSPS) is 9.36. The highest BCUT2D eigenvalue weighted by Crippen LogP contribution is 2.17. The summed E-state index contributed by atoms with van der Waals surface area (Å²) in [6.45, 7) is 0. The summed E-state index contributed by atoms with van der Waals surface area (Å²) in [7, 11) is 0. The van der Waals surface area contributed by atoms with Crippen LogP contribution in [-0.2, 0) is 0 Å². The van der Waals surface area contributed by atoms with Crippen molar-refractivity contribution in [1.82, 2.24) is 9.97 Å². The summed E-state index contributed by atoms with van der Waals surface area (Å²) >= 11 is 0. The molecule has 66 valence electrons. The second kappa shape index (κ2) is 3.67. The predicted octanol–water partition coefficient (Wildman–Crippen LogP) is 2.02. The van der Waals surface area contributed by atoms with Crippen molar-refractivity contribution in [3.05, 3.63) is 48.5 Å². The Labute approximate surface area is 81.7 Å². The largest absolute Gasteiger partial charge is 0.264 e. The van der Waals surface area contributed by atoms with Gasteiger partial charge in [-0.2, -0.15) is 5.26 Å². The average molecular weight is 181 g/mol. The number of nitriles is 1. The zero-order valence-electron chi connectivity index (χ0n) is 7.38. The third-order valence-corrected chi connectivity index (χ3v) is 1.86. The van der Waals surface area contributed by atoms with E-state index in [4.69, 9.17) is 5.26 Å². The highest BCUT2D eigenvalue weighted by Gasteiger charge is 1.98. The molecule has 0 amide bonds. The fraction of sp³-hybridized carbons (Fsp3) is 0. The van der Waals surface area contributed by atoms with Crippen LogP contribution in [0.15, 0.2) is 43.0 Å². The van der Waals surface area contributed by atoms with Crippen molar-refractivity contribution in [2.24, 2.45) is 0 Å². The van der Waals surface area contributed by atoms with Gasteiger partial charge in [-0.15, -0.1) is 0 Å². The molecule has 3 nitrogen and oxygen atoms in total. The minimum absolute atomic E-state index is 0.561. The van der Waals surface area contributed by atoms with Gasteiger partial charge in [-0.3, -0.25) is 9.97 Å². The Bertz CT molecular complexity index is 471. The first-order valence-corrected chi connectivity index (χ1v) is 4.16. The van der Waals surface area contributed by atoms with Gasteiger partial charge in [0.2, 0.25) is 0 Å². The molecule has 0 aromatic carbocycles.